The predicted octanol–water partition coefficient (Wildman–Crippen LogP) is 1.58. The first-order valence-corrected chi connectivity index (χ1v) is 7.63. The van der Waals surface area contributed by atoms with Gasteiger partial charge in [0.25, 0.3) is 5.91 Å². The van der Waals surface area contributed by atoms with Gasteiger partial charge in [-0.3, -0.25) is 4.79 Å². The largest absolute Gasteiger partial charge is 0.491 e. The molecule has 2 N–H and O–H groups in total. The molecule has 5 heteroatoms. The second-order valence-electron chi connectivity index (χ2n) is 5.08. The Balaban J connectivity index is 1.80. The summed E-state index contributed by atoms with van der Waals surface area (Å²) in [5.74, 6) is 0.639. The van der Waals surface area contributed by atoms with Crippen LogP contribution in [0.5, 0.6) is 5.75 Å². The van der Waals surface area contributed by atoms with Crippen molar-refractivity contribution in [3.63, 3.8) is 0 Å². The summed E-state index contributed by atoms with van der Waals surface area (Å²) in [6.45, 7) is 5.71. The monoisotopic (exact) mass is 292 g/mol. The highest BCUT2D eigenvalue weighted by Gasteiger charge is 2.16. The van der Waals surface area contributed by atoms with E-state index < -0.39 is 0 Å². The molecule has 1 aromatic rings. The standard InChI is InChI=1S/C16H24N2O3/c1-2-17-8-9-18-16(19)13-5-3-6-14(11-13)21-12-15-7-4-10-20-15/h3,5-6,11,15,17H,2,4,7-10,12H2,1H3,(H,18,19). The second kappa shape index (κ2) is 8.64. The van der Waals surface area contributed by atoms with Gasteiger partial charge >= 0.3 is 0 Å². The van der Waals surface area contributed by atoms with Crippen LogP contribution in [0, 0.1) is 0 Å². The van der Waals surface area contributed by atoms with Crippen LogP contribution < -0.4 is 15.4 Å². The summed E-state index contributed by atoms with van der Waals surface area (Å²) in [5, 5.41) is 6.04. The Kier molecular flexibility index (Phi) is 6.50. The van der Waals surface area contributed by atoms with Crippen molar-refractivity contribution in [2.75, 3.05) is 32.8 Å². The van der Waals surface area contributed by atoms with Gasteiger partial charge in [0.05, 0.1) is 6.10 Å². The van der Waals surface area contributed by atoms with E-state index in [2.05, 4.69) is 10.6 Å². The van der Waals surface area contributed by atoms with Gasteiger partial charge in [-0.1, -0.05) is 13.0 Å². The van der Waals surface area contributed by atoms with Gasteiger partial charge in [0.15, 0.2) is 0 Å². The van der Waals surface area contributed by atoms with Gasteiger partial charge in [-0.15, -0.1) is 0 Å². The second-order valence-corrected chi connectivity index (χ2v) is 5.08. The zero-order valence-corrected chi connectivity index (χ0v) is 12.6. The molecule has 5 nitrogen and oxygen atoms in total. The molecule has 1 aliphatic heterocycles. The van der Waals surface area contributed by atoms with E-state index in [1.165, 1.54) is 0 Å². The van der Waals surface area contributed by atoms with Crippen LogP contribution in [0.25, 0.3) is 0 Å². The van der Waals surface area contributed by atoms with E-state index >= 15 is 0 Å². The molecule has 1 unspecified atom stereocenters. The molecule has 0 spiro atoms. The Morgan fingerprint density at radius 3 is 3.10 bits per heavy atom. The van der Waals surface area contributed by atoms with Crippen molar-refractivity contribution >= 4 is 5.91 Å². The fourth-order valence-electron chi connectivity index (χ4n) is 2.24. The van der Waals surface area contributed by atoms with E-state index in [0.717, 1.165) is 32.5 Å². The Morgan fingerprint density at radius 1 is 1.43 bits per heavy atom. The first-order valence-electron chi connectivity index (χ1n) is 7.63. The molecule has 0 aromatic heterocycles. The molecule has 1 aliphatic rings. The first-order chi connectivity index (χ1) is 10.3. The highest BCUT2D eigenvalue weighted by molar-refractivity contribution is 5.94. The Bertz CT molecular complexity index is 445. The number of rotatable bonds is 8. The third-order valence-corrected chi connectivity index (χ3v) is 3.39. The zero-order valence-electron chi connectivity index (χ0n) is 12.6. The maximum Gasteiger partial charge on any atom is 0.251 e. The molecule has 2 rings (SSSR count). The molecule has 1 amide bonds. The minimum Gasteiger partial charge on any atom is -0.491 e. The molecule has 21 heavy (non-hydrogen) atoms. The number of amides is 1. The summed E-state index contributed by atoms with van der Waals surface area (Å²) < 4.78 is 11.2. The van der Waals surface area contributed by atoms with E-state index in [-0.39, 0.29) is 12.0 Å². The number of hydrogen-bond acceptors (Lipinski definition) is 4. The molecule has 116 valence electrons. The quantitative estimate of drug-likeness (QED) is 0.714. The molecule has 0 radical (unpaired) electrons. The highest BCUT2D eigenvalue weighted by Crippen LogP contribution is 2.17. The minimum absolute atomic E-state index is 0.0736. The number of hydrogen-bond donors (Lipinski definition) is 2. The van der Waals surface area contributed by atoms with Crippen LogP contribution in [0.4, 0.5) is 0 Å². The van der Waals surface area contributed by atoms with Gasteiger partial charge in [0.1, 0.15) is 12.4 Å². The Labute approximate surface area is 126 Å². The van der Waals surface area contributed by atoms with Crippen molar-refractivity contribution in [1.82, 2.24) is 10.6 Å². The molecule has 0 bridgehead atoms. The van der Waals surface area contributed by atoms with Crippen molar-refractivity contribution in [2.24, 2.45) is 0 Å². The van der Waals surface area contributed by atoms with Crippen molar-refractivity contribution in [2.45, 2.75) is 25.9 Å². The van der Waals surface area contributed by atoms with Crippen LogP contribution in [-0.4, -0.2) is 44.9 Å². The van der Waals surface area contributed by atoms with Crippen LogP contribution >= 0.6 is 0 Å². The van der Waals surface area contributed by atoms with Crippen LogP contribution in [0.3, 0.4) is 0 Å². The average Bonchev–Trinajstić information content (AvgIpc) is 3.03. The van der Waals surface area contributed by atoms with E-state index in [1.54, 1.807) is 12.1 Å². The normalized spacial score (nSPS) is 17.7. The summed E-state index contributed by atoms with van der Waals surface area (Å²) in [7, 11) is 0. The zero-order chi connectivity index (χ0) is 14.9. The van der Waals surface area contributed by atoms with Crippen molar-refractivity contribution in [3.05, 3.63) is 29.8 Å². The molecule has 1 saturated heterocycles. The molecular weight excluding hydrogens is 268 g/mol. The van der Waals surface area contributed by atoms with Crippen molar-refractivity contribution in [3.8, 4) is 5.75 Å². The molecule has 1 heterocycles. The fourth-order valence-corrected chi connectivity index (χ4v) is 2.24. The molecule has 1 aromatic carbocycles. The topological polar surface area (TPSA) is 59.6 Å². The maximum absolute atomic E-state index is 12.0. The lowest BCUT2D eigenvalue weighted by atomic mass is 10.2. The van der Waals surface area contributed by atoms with Gasteiger partial charge in [-0.05, 0) is 37.6 Å². The lowest BCUT2D eigenvalue weighted by Gasteiger charge is -2.12. The van der Waals surface area contributed by atoms with Crippen LogP contribution in [0.2, 0.25) is 0 Å². The fraction of sp³-hybridized carbons (Fsp3) is 0.562. The third kappa shape index (κ3) is 5.36. The molecule has 0 saturated carbocycles. The van der Waals surface area contributed by atoms with Crippen LogP contribution in [0.1, 0.15) is 30.1 Å². The van der Waals surface area contributed by atoms with E-state index in [4.69, 9.17) is 9.47 Å². The SMILES string of the molecule is CCNCCNC(=O)c1cccc(OCC2CCCO2)c1. The van der Waals surface area contributed by atoms with E-state index in [0.29, 0.717) is 24.5 Å². The molecule has 1 atom stereocenters. The lowest BCUT2D eigenvalue weighted by Crippen LogP contribution is -2.31. The minimum atomic E-state index is -0.0736. The molecule has 1 fully saturated rings. The van der Waals surface area contributed by atoms with Gasteiger partial charge in [-0.2, -0.15) is 0 Å². The Hall–Kier alpha value is -1.59. The third-order valence-electron chi connectivity index (χ3n) is 3.39. The summed E-state index contributed by atoms with van der Waals surface area (Å²) in [6, 6.07) is 7.27. The predicted molar refractivity (Wildman–Crippen MR) is 81.8 cm³/mol. The van der Waals surface area contributed by atoms with Crippen molar-refractivity contribution < 1.29 is 14.3 Å². The number of benzene rings is 1. The summed E-state index contributed by atoms with van der Waals surface area (Å²) in [6.07, 6.45) is 2.33. The number of ether oxygens (including phenoxy) is 2. The number of carbonyl (C=O) groups excluding carboxylic acids is 1. The number of carbonyl (C=O) groups is 1. The highest BCUT2D eigenvalue weighted by atomic mass is 16.5. The van der Waals surface area contributed by atoms with Gasteiger partial charge < -0.3 is 20.1 Å². The number of likely N-dealkylation sites (N-methyl/N-ethyl adjacent to an activating group) is 1. The molecule has 0 aliphatic carbocycles. The lowest BCUT2D eigenvalue weighted by molar-refractivity contribution is 0.0679. The first kappa shape index (κ1) is 15.8. The van der Waals surface area contributed by atoms with Crippen LogP contribution in [0.15, 0.2) is 24.3 Å². The Morgan fingerprint density at radius 2 is 2.33 bits per heavy atom. The van der Waals surface area contributed by atoms with Gasteiger partial charge in [0, 0.05) is 25.3 Å². The average molecular weight is 292 g/mol. The summed E-state index contributed by atoms with van der Waals surface area (Å²) in [4.78, 5) is 12.0. The summed E-state index contributed by atoms with van der Waals surface area (Å²) in [5.41, 5.74) is 0.622. The van der Waals surface area contributed by atoms with Gasteiger partial charge in [-0.25, -0.2) is 0 Å². The maximum atomic E-state index is 12.0. The van der Waals surface area contributed by atoms with Crippen molar-refractivity contribution in [1.29, 1.82) is 0 Å². The van der Waals surface area contributed by atoms with E-state index in [9.17, 15) is 4.79 Å². The van der Waals surface area contributed by atoms with Crippen LogP contribution in [-0.2, 0) is 4.74 Å². The van der Waals surface area contributed by atoms with Gasteiger partial charge in [0.2, 0.25) is 0 Å². The smallest absolute Gasteiger partial charge is 0.251 e. The number of nitrogens with one attached hydrogen (secondary N) is 2. The van der Waals surface area contributed by atoms with E-state index in [1.807, 2.05) is 19.1 Å². The summed E-state index contributed by atoms with van der Waals surface area (Å²) >= 11 is 0. The molecular formula is C16H24N2O3.